The molecule has 0 spiro atoms. The summed E-state index contributed by atoms with van der Waals surface area (Å²) in [7, 11) is -0.00814. The molecule has 0 amide bonds. The van der Waals surface area contributed by atoms with Crippen molar-refractivity contribution in [1.82, 2.24) is 13.7 Å². The first-order valence-electron chi connectivity index (χ1n) is 10.5. The first-order valence-corrected chi connectivity index (χ1v) is 12.5. The Kier molecular flexibility index (Phi) is 6.50. The molecule has 1 aliphatic rings. The molecule has 0 unspecified atom stereocenters. The highest BCUT2D eigenvalue weighted by molar-refractivity contribution is 7.89. The third-order valence-electron chi connectivity index (χ3n) is 5.77. The molecule has 0 N–H and O–H groups in total. The number of halogens is 1. The molecule has 0 atom stereocenters. The summed E-state index contributed by atoms with van der Waals surface area (Å²) in [6.07, 6.45) is 4.67. The molecule has 8 nitrogen and oxygen atoms in total. The van der Waals surface area contributed by atoms with Crippen LogP contribution >= 0.6 is 11.6 Å². The van der Waals surface area contributed by atoms with Crippen molar-refractivity contribution in [2.45, 2.75) is 13.3 Å². The van der Waals surface area contributed by atoms with Gasteiger partial charge in [0.15, 0.2) is 0 Å². The van der Waals surface area contributed by atoms with E-state index in [2.05, 4.69) is 4.90 Å². The molecular formula is C22H27ClN4O4S. The molecule has 0 radical (unpaired) electrons. The molecule has 32 heavy (non-hydrogen) atoms. The number of pyridine rings is 1. The Bertz CT molecular complexity index is 1230. The van der Waals surface area contributed by atoms with Crippen LogP contribution in [0.5, 0.6) is 11.5 Å². The van der Waals surface area contributed by atoms with Crippen molar-refractivity contribution in [2.24, 2.45) is 0 Å². The molecule has 1 aromatic carbocycles. The lowest BCUT2D eigenvalue weighted by molar-refractivity contribution is 0.395. The van der Waals surface area contributed by atoms with Crippen molar-refractivity contribution in [3.63, 3.8) is 0 Å². The third-order valence-corrected chi connectivity index (χ3v) is 7.95. The molecule has 172 valence electrons. The number of ether oxygens (including phenoxy) is 2. The number of anilines is 1. The molecule has 2 aromatic heterocycles. The van der Waals surface area contributed by atoms with Crippen molar-refractivity contribution < 1.29 is 17.9 Å². The number of nitrogens with zero attached hydrogens (tertiary/aromatic N) is 4. The number of rotatable bonds is 6. The van der Waals surface area contributed by atoms with E-state index >= 15 is 0 Å². The molecule has 0 bridgehead atoms. The van der Waals surface area contributed by atoms with E-state index in [1.54, 1.807) is 37.6 Å². The third kappa shape index (κ3) is 4.37. The summed E-state index contributed by atoms with van der Waals surface area (Å²) in [5.41, 5.74) is 3.32. The average Bonchev–Trinajstić information content (AvgIpc) is 3.05. The van der Waals surface area contributed by atoms with Crippen LogP contribution in [-0.4, -0.2) is 68.3 Å². The Morgan fingerprint density at radius 2 is 1.84 bits per heavy atom. The van der Waals surface area contributed by atoms with Gasteiger partial charge in [-0.05, 0) is 25.5 Å². The Labute approximate surface area is 193 Å². The summed E-state index contributed by atoms with van der Waals surface area (Å²) < 4.78 is 38.8. The number of fused-ring (bicyclic) bond motifs is 1. The van der Waals surface area contributed by atoms with Gasteiger partial charge in [-0.3, -0.25) is 0 Å². The highest BCUT2D eigenvalue weighted by Crippen LogP contribution is 2.38. The van der Waals surface area contributed by atoms with Crippen LogP contribution in [0.3, 0.4) is 0 Å². The number of hydrogen-bond acceptors (Lipinski definition) is 6. The van der Waals surface area contributed by atoms with Gasteiger partial charge in [-0.25, -0.2) is 17.7 Å². The zero-order chi connectivity index (χ0) is 22.9. The number of hydrogen-bond donors (Lipinski definition) is 0. The van der Waals surface area contributed by atoms with Crippen molar-refractivity contribution in [3.8, 4) is 22.8 Å². The molecule has 0 aliphatic carbocycles. The molecule has 1 saturated heterocycles. The predicted molar refractivity (Wildman–Crippen MR) is 127 cm³/mol. The topological polar surface area (TPSA) is 76.4 Å². The maximum absolute atomic E-state index is 12.2. The zero-order valence-corrected chi connectivity index (χ0v) is 20.0. The minimum atomic E-state index is -3.17. The highest BCUT2D eigenvalue weighted by atomic mass is 35.5. The van der Waals surface area contributed by atoms with E-state index in [9.17, 15) is 8.42 Å². The van der Waals surface area contributed by atoms with Gasteiger partial charge < -0.3 is 18.8 Å². The molecule has 3 heterocycles. The summed E-state index contributed by atoms with van der Waals surface area (Å²) in [4.78, 5) is 7.00. The Morgan fingerprint density at radius 1 is 1.06 bits per heavy atom. The summed E-state index contributed by atoms with van der Waals surface area (Å²) in [6, 6.07) is 7.59. The van der Waals surface area contributed by atoms with Gasteiger partial charge in [0.1, 0.15) is 17.1 Å². The van der Waals surface area contributed by atoms with Gasteiger partial charge in [0.05, 0.1) is 30.7 Å². The minimum absolute atomic E-state index is 0.134. The molecule has 4 rings (SSSR count). The monoisotopic (exact) mass is 478 g/mol. The van der Waals surface area contributed by atoms with Gasteiger partial charge in [0, 0.05) is 62.0 Å². The van der Waals surface area contributed by atoms with Crippen molar-refractivity contribution >= 4 is 33.0 Å². The smallest absolute Gasteiger partial charge is 0.213 e. The highest BCUT2D eigenvalue weighted by Gasteiger charge is 2.24. The predicted octanol–water partition coefficient (Wildman–Crippen LogP) is 3.53. The Balaban J connectivity index is 1.62. The van der Waals surface area contributed by atoms with Crippen molar-refractivity contribution in [1.29, 1.82) is 0 Å². The average molecular weight is 479 g/mol. The van der Waals surface area contributed by atoms with Crippen LogP contribution in [0, 0.1) is 0 Å². The first-order chi connectivity index (χ1) is 15.4. The van der Waals surface area contributed by atoms with E-state index in [0.29, 0.717) is 36.2 Å². The second-order valence-electron chi connectivity index (χ2n) is 7.60. The van der Waals surface area contributed by atoms with E-state index in [4.69, 9.17) is 26.1 Å². The van der Waals surface area contributed by atoms with Gasteiger partial charge in [-0.15, -0.1) is 0 Å². The fourth-order valence-corrected chi connectivity index (χ4v) is 5.34. The zero-order valence-electron chi connectivity index (χ0n) is 18.4. The summed E-state index contributed by atoms with van der Waals surface area (Å²) in [5, 5.41) is 0.484. The summed E-state index contributed by atoms with van der Waals surface area (Å²) >= 11 is 6.34. The molecule has 1 aliphatic heterocycles. The lowest BCUT2D eigenvalue weighted by Gasteiger charge is -2.23. The number of imidazole rings is 1. The SMILES string of the molecule is CCS(=O)(=O)N1CCCN(c2ccn3cc(-c4cc(Cl)c(OC)cc4OC)nc3c2)CC1. The van der Waals surface area contributed by atoms with Crippen LogP contribution < -0.4 is 14.4 Å². The largest absolute Gasteiger partial charge is 0.496 e. The fraction of sp³-hybridized carbons (Fsp3) is 0.409. The Morgan fingerprint density at radius 3 is 2.56 bits per heavy atom. The van der Waals surface area contributed by atoms with Crippen LogP contribution in [0.1, 0.15) is 13.3 Å². The minimum Gasteiger partial charge on any atom is -0.496 e. The van der Waals surface area contributed by atoms with Crippen molar-refractivity contribution in [2.75, 3.05) is 51.1 Å². The molecule has 3 aromatic rings. The summed E-state index contributed by atoms with van der Waals surface area (Å²) in [6.45, 7) is 4.17. The van der Waals surface area contributed by atoms with Gasteiger partial charge in [0.2, 0.25) is 10.0 Å². The van der Waals surface area contributed by atoms with Gasteiger partial charge in [-0.2, -0.15) is 0 Å². The number of methoxy groups -OCH3 is 2. The quantitative estimate of drug-likeness (QED) is 0.539. The maximum atomic E-state index is 12.2. The standard InChI is InChI=1S/C22H27ClN4O4S/c1-4-32(28,29)27-8-5-7-25(10-11-27)16-6-9-26-15-19(24-22(26)12-16)17-13-18(23)21(31-3)14-20(17)30-2/h6,9,12-15H,4-5,7-8,10-11H2,1-3H3. The summed E-state index contributed by atoms with van der Waals surface area (Å²) in [5.74, 6) is 1.30. The second kappa shape index (κ2) is 9.17. The maximum Gasteiger partial charge on any atom is 0.213 e. The van der Waals surface area contributed by atoms with Crippen LogP contribution in [0.4, 0.5) is 5.69 Å². The molecule has 1 fully saturated rings. The number of sulfonamides is 1. The fourth-order valence-electron chi connectivity index (χ4n) is 3.97. The lowest BCUT2D eigenvalue weighted by atomic mass is 10.1. The van der Waals surface area contributed by atoms with Crippen LogP contribution in [0.15, 0.2) is 36.7 Å². The molecular weight excluding hydrogens is 452 g/mol. The van der Waals surface area contributed by atoms with Gasteiger partial charge in [0.25, 0.3) is 0 Å². The van der Waals surface area contributed by atoms with Crippen molar-refractivity contribution in [3.05, 3.63) is 41.7 Å². The first kappa shape index (κ1) is 22.7. The number of benzene rings is 1. The van der Waals surface area contributed by atoms with E-state index in [0.717, 1.165) is 35.6 Å². The van der Waals surface area contributed by atoms with Gasteiger partial charge in [-0.1, -0.05) is 11.6 Å². The second-order valence-corrected chi connectivity index (χ2v) is 10.3. The van der Waals surface area contributed by atoms with Crippen LogP contribution in [-0.2, 0) is 10.0 Å². The van der Waals surface area contributed by atoms with Gasteiger partial charge >= 0.3 is 0 Å². The molecule has 10 heteroatoms. The lowest BCUT2D eigenvalue weighted by Crippen LogP contribution is -2.36. The van der Waals surface area contributed by atoms with E-state index < -0.39 is 10.0 Å². The van der Waals surface area contributed by atoms with Crippen LogP contribution in [0.2, 0.25) is 5.02 Å². The molecule has 0 saturated carbocycles. The Hall–Kier alpha value is -2.49. The number of aromatic nitrogens is 2. The van der Waals surface area contributed by atoms with E-state index in [1.807, 2.05) is 28.9 Å². The van der Waals surface area contributed by atoms with E-state index in [1.165, 1.54) is 0 Å². The van der Waals surface area contributed by atoms with Crippen LogP contribution in [0.25, 0.3) is 16.9 Å². The normalized spacial score (nSPS) is 15.7. The van der Waals surface area contributed by atoms with E-state index in [-0.39, 0.29) is 5.75 Å².